The third-order valence-electron chi connectivity index (χ3n) is 2.35. The molecule has 2 amide bonds. The van der Waals surface area contributed by atoms with Gasteiger partial charge in [0.05, 0.1) is 12.8 Å². The Hall–Kier alpha value is -2.01. The highest BCUT2D eigenvalue weighted by Gasteiger charge is 2.14. The van der Waals surface area contributed by atoms with E-state index in [9.17, 15) is 9.59 Å². The summed E-state index contributed by atoms with van der Waals surface area (Å²) in [7, 11) is 0. The van der Waals surface area contributed by atoms with Crippen LogP contribution in [0.25, 0.3) is 0 Å². The Morgan fingerprint density at radius 3 is 2.84 bits per heavy atom. The maximum absolute atomic E-state index is 11.6. The third kappa shape index (κ3) is 4.63. The molecule has 6 heteroatoms. The summed E-state index contributed by atoms with van der Waals surface area (Å²) < 4.78 is 4.82. The molecule has 0 fully saturated rings. The summed E-state index contributed by atoms with van der Waals surface area (Å²) in [6.45, 7) is 5.61. The van der Waals surface area contributed by atoms with Crippen molar-refractivity contribution < 1.29 is 14.3 Å². The number of nitrogens with one attached hydrogen (secondary N) is 2. The number of rotatable bonds is 5. The smallest absolute Gasteiger partial charge is 0.313 e. The lowest BCUT2D eigenvalue weighted by atomic mass is 10.2. The molecule has 0 aliphatic carbocycles. The minimum atomic E-state index is -0.746. The maximum Gasteiger partial charge on any atom is 0.313 e. The van der Waals surface area contributed by atoms with Crippen LogP contribution in [0.2, 0.25) is 5.02 Å². The van der Waals surface area contributed by atoms with Crippen LogP contribution in [0, 0.1) is 6.92 Å². The van der Waals surface area contributed by atoms with Gasteiger partial charge in [-0.05, 0) is 24.6 Å². The Balaban J connectivity index is 2.52. The normalized spacial score (nSPS) is 9.58. The van der Waals surface area contributed by atoms with Crippen molar-refractivity contribution in [3.05, 3.63) is 41.6 Å². The summed E-state index contributed by atoms with van der Waals surface area (Å²) in [5.74, 6) is -1.48. The Bertz CT molecular complexity index is 489. The van der Waals surface area contributed by atoms with Crippen LogP contribution in [-0.2, 0) is 14.3 Å². The summed E-state index contributed by atoms with van der Waals surface area (Å²) in [6.07, 6.45) is 1.27. The van der Waals surface area contributed by atoms with Gasteiger partial charge in [0.15, 0.2) is 0 Å². The molecular formula is C13H15ClN2O3. The lowest BCUT2D eigenvalue weighted by molar-refractivity contribution is -0.136. The van der Waals surface area contributed by atoms with Gasteiger partial charge in [-0.15, -0.1) is 0 Å². The summed E-state index contributed by atoms with van der Waals surface area (Å²) in [5.41, 5.74) is 1.22. The Kier molecular flexibility index (Phi) is 5.89. The van der Waals surface area contributed by atoms with Crippen LogP contribution in [0.15, 0.2) is 31.0 Å². The summed E-state index contributed by atoms with van der Waals surface area (Å²) >= 11 is 5.92. The number of hydrogen-bond donors (Lipinski definition) is 2. The predicted octanol–water partition coefficient (Wildman–Crippen LogP) is 1.86. The largest absolute Gasteiger partial charge is 0.500 e. The van der Waals surface area contributed by atoms with Gasteiger partial charge in [0, 0.05) is 10.7 Å². The second-order valence-electron chi connectivity index (χ2n) is 3.66. The van der Waals surface area contributed by atoms with Gasteiger partial charge in [0.1, 0.15) is 6.61 Å². The zero-order chi connectivity index (χ0) is 14.3. The average molecular weight is 283 g/mol. The first-order valence-corrected chi connectivity index (χ1v) is 6.01. The number of halogens is 1. The zero-order valence-corrected chi connectivity index (χ0v) is 11.3. The van der Waals surface area contributed by atoms with Crippen molar-refractivity contribution in [1.29, 1.82) is 0 Å². The number of ether oxygens (including phenoxy) is 1. The molecule has 0 spiro atoms. The molecule has 2 N–H and O–H groups in total. The zero-order valence-electron chi connectivity index (χ0n) is 10.5. The molecule has 0 aromatic heterocycles. The average Bonchev–Trinajstić information content (AvgIpc) is 2.39. The molecule has 0 atom stereocenters. The first-order chi connectivity index (χ1) is 9.06. The molecule has 1 rings (SSSR count). The topological polar surface area (TPSA) is 67.4 Å². The van der Waals surface area contributed by atoms with Crippen LogP contribution in [0.5, 0.6) is 0 Å². The molecule has 0 saturated carbocycles. The predicted molar refractivity (Wildman–Crippen MR) is 74.0 cm³/mol. The molecule has 0 bridgehead atoms. The van der Waals surface area contributed by atoms with E-state index in [1.165, 1.54) is 6.26 Å². The van der Waals surface area contributed by atoms with Crippen molar-refractivity contribution in [2.45, 2.75) is 6.92 Å². The molecular weight excluding hydrogens is 268 g/mol. The van der Waals surface area contributed by atoms with Crippen LogP contribution >= 0.6 is 11.6 Å². The Labute approximate surface area is 116 Å². The number of carbonyl (C=O) groups is 2. The highest BCUT2D eigenvalue weighted by atomic mass is 35.5. The molecule has 0 radical (unpaired) electrons. The minimum absolute atomic E-state index is 0.229. The van der Waals surface area contributed by atoms with E-state index >= 15 is 0 Å². The molecule has 0 unspecified atom stereocenters. The van der Waals surface area contributed by atoms with E-state index < -0.39 is 11.8 Å². The maximum atomic E-state index is 11.6. The Morgan fingerprint density at radius 2 is 2.16 bits per heavy atom. The summed E-state index contributed by atoms with van der Waals surface area (Å²) in [5, 5.41) is 5.44. The molecule has 0 aliphatic heterocycles. The van der Waals surface area contributed by atoms with Gasteiger partial charge in [0.2, 0.25) is 0 Å². The summed E-state index contributed by atoms with van der Waals surface area (Å²) in [6, 6.07) is 5.08. The number of benzene rings is 1. The number of amides is 2. The fourth-order valence-corrected chi connectivity index (χ4v) is 1.48. The van der Waals surface area contributed by atoms with Crippen LogP contribution in [0.4, 0.5) is 5.69 Å². The van der Waals surface area contributed by atoms with Gasteiger partial charge < -0.3 is 15.4 Å². The van der Waals surface area contributed by atoms with Crippen molar-refractivity contribution in [3.8, 4) is 0 Å². The van der Waals surface area contributed by atoms with Crippen LogP contribution in [-0.4, -0.2) is 25.0 Å². The SMILES string of the molecule is C=COCCNC(=O)C(=O)Nc1cccc(Cl)c1C. The van der Waals surface area contributed by atoms with Gasteiger partial charge in [0.25, 0.3) is 0 Å². The molecule has 1 aromatic rings. The van der Waals surface area contributed by atoms with E-state index in [-0.39, 0.29) is 13.2 Å². The lowest BCUT2D eigenvalue weighted by Crippen LogP contribution is -2.37. The van der Waals surface area contributed by atoms with E-state index in [1.54, 1.807) is 25.1 Å². The van der Waals surface area contributed by atoms with Crippen molar-refractivity contribution >= 4 is 29.1 Å². The van der Waals surface area contributed by atoms with Gasteiger partial charge in [-0.25, -0.2) is 0 Å². The van der Waals surface area contributed by atoms with Gasteiger partial charge >= 0.3 is 11.8 Å². The van der Waals surface area contributed by atoms with Crippen molar-refractivity contribution in [3.63, 3.8) is 0 Å². The van der Waals surface area contributed by atoms with E-state index in [0.29, 0.717) is 16.3 Å². The standard InChI is InChI=1S/C13H15ClN2O3/c1-3-19-8-7-15-12(17)13(18)16-11-6-4-5-10(14)9(11)2/h3-6H,1,7-8H2,2H3,(H,15,17)(H,16,18). The number of hydrogen-bond acceptors (Lipinski definition) is 3. The second-order valence-corrected chi connectivity index (χ2v) is 4.07. The van der Waals surface area contributed by atoms with Gasteiger partial charge in [-0.1, -0.05) is 24.2 Å². The molecule has 0 saturated heterocycles. The van der Waals surface area contributed by atoms with Crippen LogP contribution in [0.1, 0.15) is 5.56 Å². The first kappa shape index (κ1) is 15.0. The van der Waals surface area contributed by atoms with Crippen LogP contribution < -0.4 is 10.6 Å². The lowest BCUT2D eigenvalue weighted by Gasteiger charge is -2.09. The van der Waals surface area contributed by atoms with Crippen molar-refractivity contribution in [2.75, 3.05) is 18.5 Å². The van der Waals surface area contributed by atoms with Crippen molar-refractivity contribution in [1.82, 2.24) is 5.32 Å². The molecule has 102 valence electrons. The van der Waals surface area contributed by atoms with Gasteiger partial charge in [-0.2, -0.15) is 0 Å². The highest BCUT2D eigenvalue weighted by Crippen LogP contribution is 2.22. The van der Waals surface area contributed by atoms with Crippen LogP contribution in [0.3, 0.4) is 0 Å². The number of anilines is 1. The van der Waals surface area contributed by atoms with E-state index in [2.05, 4.69) is 17.2 Å². The highest BCUT2D eigenvalue weighted by molar-refractivity contribution is 6.40. The molecule has 1 aromatic carbocycles. The second kappa shape index (κ2) is 7.43. The monoisotopic (exact) mass is 282 g/mol. The third-order valence-corrected chi connectivity index (χ3v) is 2.75. The first-order valence-electron chi connectivity index (χ1n) is 5.63. The van der Waals surface area contributed by atoms with E-state index in [1.807, 2.05) is 0 Å². The quantitative estimate of drug-likeness (QED) is 0.492. The van der Waals surface area contributed by atoms with E-state index in [4.69, 9.17) is 16.3 Å². The molecule has 0 aliphatic rings. The van der Waals surface area contributed by atoms with E-state index in [0.717, 1.165) is 0 Å². The summed E-state index contributed by atoms with van der Waals surface area (Å²) in [4.78, 5) is 23.1. The fourth-order valence-electron chi connectivity index (χ4n) is 1.31. The minimum Gasteiger partial charge on any atom is -0.500 e. The molecule has 5 nitrogen and oxygen atoms in total. The number of carbonyl (C=O) groups excluding carboxylic acids is 2. The fraction of sp³-hybridized carbons (Fsp3) is 0.231. The Morgan fingerprint density at radius 1 is 1.42 bits per heavy atom. The van der Waals surface area contributed by atoms with Gasteiger partial charge in [-0.3, -0.25) is 9.59 Å². The molecule has 0 heterocycles. The molecule has 19 heavy (non-hydrogen) atoms. The van der Waals surface area contributed by atoms with Crippen molar-refractivity contribution in [2.24, 2.45) is 0 Å².